The predicted octanol–water partition coefficient (Wildman–Crippen LogP) is 3.58. The maximum absolute atomic E-state index is 11.7. The van der Waals surface area contributed by atoms with Gasteiger partial charge in [0.2, 0.25) is 0 Å². The van der Waals surface area contributed by atoms with E-state index in [9.17, 15) is 4.79 Å². The Balaban J connectivity index is 0.000000917. The Bertz CT molecular complexity index is 523. The minimum Gasteiger partial charge on any atom is -0.345 e. The first kappa shape index (κ1) is 13.6. The predicted molar refractivity (Wildman–Crippen MR) is 75.8 cm³/mol. The molecule has 0 aliphatic carbocycles. The highest BCUT2D eigenvalue weighted by Crippen LogP contribution is 2.22. The summed E-state index contributed by atoms with van der Waals surface area (Å²) in [6.45, 7) is 5.97. The molecule has 0 N–H and O–H groups in total. The summed E-state index contributed by atoms with van der Waals surface area (Å²) in [6.07, 6.45) is 0. The first-order valence-electron chi connectivity index (χ1n) is 5.67. The third kappa shape index (κ3) is 3.03. The lowest BCUT2D eigenvalue weighted by molar-refractivity contribution is 0.0828. The molecule has 0 spiro atoms. The van der Waals surface area contributed by atoms with E-state index in [0.717, 1.165) is 15.2 Å². The Morgan fingerprint density at radius 2 is 2.00 bits per heavy atom. The van der Waals surface area contributed by atoms with Crippen LogP contribution >= 0.6 is 11.3 Å². The van der Waals surface area contributed by atoms with Crippen molar-refractivity contribution in [3.63, 3.8) is 0 Å². The Morgan fingerprint density at radius 3 is 2.59 bits per heavy atom. The van der Waals surface area contributed by atoms with Crippen molar-refractivity contribution in [3.05, 3.63) is 28.8 Å². The Labute approximate surface area is 108 Å². The van der Waals surface area contributed by atoms with Crippen LogP contribution in [0, 0.1) is 6.92 Å². The topological polar surface area (TPSA) is 33.2 Å². The average Bonchev–Trinajstić information content (AvgIpc) is 2.69. The Hall–Kier alpha value is -1.42. The maximum Gasteiger partial charge on any atom is 0.253 e. The molecule has 17 heavy (non-hydrogen) atoms. The normalized spacial score (nSPS) is 9.71. The zero-order valence-corrected chi connectivity index (χ0v) is 11.8. The van der Waals surface area contributed by atoms with E-state index >= 15 is 0 Å². The molecule has 0 unspecified atom stereocenters. The number of nitrogens with zero attached hydrogens (tertiary/aromatic N) is 2. The van der Waals surface area contributed by atoms with Crippen molar-refractivity contribution in [1.82, 2.24) is 9.88 Å². The van der Waals surface area contributed by atoms with Gasteiger partial charge in [0.05, 0.1) is 15.2 Å². The molecule has 2 rings (SSSR count). The summed E-state index contributed by atoms with van der Waals surface area (Å²) in [4.78, 5) is 17.6. The Kier molecular flexibility index (Phi) is 4.63. The number of aromatic nitrogens is 1. The first-order chi connectivity index (χ1) is 8.08. The molecule has 1 heterocycles. The van der Waals surface area contributed by atoms with Gasteiger partial charge in [0.1, 0.15) is 0 Å². The van der Waals surface area contributed by atoms with Gasteiger partial charge >= 0.3 is 0 Å². The fraction of sp³-hybridized carbons (Fsp3) is 0.385. The lowest BCUT2D eigenvalue weighted by Gasteiger charge is -2.09. The molecule has 0 aliphatic heterocycles. The summed E-state index contributed by atoms with van der Waals surface area (Å²) in [7, 11) is 3.50. The van der Waals surface area contributed by atoms with E-state index in [0.29, 0.717) is 5.56 Å². The van der Waals surface area contributed by atoms with Crippen LogP contribution in [0.3, 0.4) is 0 Å². The number of thiazole rings is 1. The molecular weight excluding hydrogens is 232 g/mol. The lowest BCUT2D eigenvalue weighted by atomic mass is 10.2. The van der Waals surface area contributed by atoms with Crippen molar-refractivity contribution in [2.24, 2.45) is 0 Å². The van der Waals surface area contributed by atoms with E-state index in [1.807, 2.05) is 39.0 Å². The van der Waals surface area contributed by atoms with Crippen LogP contribution in [0.15, 0.2) is 18.2 Å². The molecule has 0 bridgehead atoms. The second-order valence-corrected chi connectivity index (χ2v) is 4.85. The van der Waals surface area contributed by atoms with Crippen molar-refractivity contribution in [1.29, 1.82) is 0 Å². The molecule has 0 radical (unpaired) electrons. The summed E-state index contributed by atoms with van der Waals surface area (Å²) < 4.78 is 1.13. The Morgan fingerprint density at radius 1 is 1.35 bits per heavy atom. The van der Waals surface area contributed by atoms with Gasteiger partial charge in [0, 0.05) is 21.1 Å². The van der Waals surface area contributed by atoms with E-state index < -0.39 is 0 Å². The van der Waals surface area contributed by atoms with Crippen molar-refractivity contribution in [3.8, 4) is 0 Å². The van der Waals surface area contributed by atoms with Crippen LogP contribution < -0.4 is 0 Å². The number of aryl methyl sites for hydroxylation is 1. The van der Waals surface area contributed by atoms with Gasteiger partial charge in [-0.1, -0.05) is 13.8 Å². The molecule has 1 aromatic carbocycles. The number of hydrogen-bond donors (Lipinski definition) is 0. The number of hydrogen-bond acceptors (Lipinski definition) is 3. The van der Waals surface area contributed by atoms with Crippen molar-refractivity contribution < 1.29 is 6.22 Å². The summed E-state index contributed by atoms with van der Waals surface area (Å²) in [5, 5.41) is 1.03. The van der Waals surface area contributed by atoms with Crippen LogP contribution in [0.1, 0.15) is 30.6 Å². The van der Waals surface area contributed by atoms with Crippen LogP contribution in [-0.2, 0) is 0 Å². The highest BCUT2D eigenvalue weighted by atomic mass is 32.1. The summed E-state index contributed by atoms with van der Waals surface area (Å²) in [5.74, 6) is 0.0163. The van der Waals surface area contributed by atoms with Crippen LogP contribution in [0.2, 0.25) is 0 Å². The molecule has 0 fully saturated rings. The molecule has 4 heteroatoms. The summed E-state index contributed by atoms with van der Waals surface area (Å²) >= 11 is 1.64. The van der Waals surface area contributed by atoms with Crippen LogP contribution in [-0.4, -0.2) is 29.9 Å². The van der Waals surface area contributed by atoms with Gasteiger partial charge in [-0.2, -0.15) is 0 Å². The number of benzene rings is 1. The number of fused-ring (bicyclic) bond motifs is 1. The molecular formula is C13H20N2OS. The van der Waals surface area contributed by atoms with Gasteiger partial charge in [-0.3, -0.25) is 4.79 Å². The molecule has 0 atom stereocenters. The fourth-order valence-electron chi connectivity index (χ4n) is 1.43. The molecule has 1 amide bonds. The van der Waals surface area contributed by atoms with Gasteiger partial charge in [0.25, 0.3) is 5.91 Å². The second-order valence-electron chi connectivity index (χ2n) is 3.61. The van der Waals surface area contributed by atoms with Crippen molar-refractivity contribution >= 4 is 27.5 Å². The second kappa shape index (κ2) is 5.77. The molecule has 2 aromatic rings. The van der Waals surface area contributed by atoms with E-state index in [4.69, 9.17) is 0 Å². The number of carbonyl (C=O) groups excluding carboxylic acids is 1. The first-order valence-corrected chi connectivity index (χ1v) is 6.48. The molecule has 0 aliphatic rings. The number of carbonyl (C=O) groups is 1. The molecule has 0 saturated heterocycles. The summed E-state index contributed by atoms with van der Waals surface area (Å²) in [6, 6.07) is 5.65. The van der Waals surface area contributed by atoms with Gasteiger partial charge in [-0.05, 0) is 25.1 Å². The zero-order valence-electron chi connectivity index (χ0n) is 10.9. The quantitative estimate of drug-likeness (QED) is 0.777. The number of rotatable bonds is 1. The van der Waals surface area contributed by atoms with Crippen LogP contribution in [0.4, 0.5) is 0 Å². The van der Waals surface area contributed by atoms with Gasteiger partial charge in [-0.25, -0.2) is 4.98 Å². The largest absolute Gasteiger partial charge is 0.345 e. The van der Waals surface area contributed by atoms with Gasteiger partial charge in [-0.15, -0.1) is 11.3 Å². The standard InChI is InChI=1S/C11H12N2OS.C2H6.H2/c1-7-12-9-6-8(11(14)13(2)3)4-5-10(9)15-7;1-2;/h4-6H,1-3H3;1-2H3;1H. The molecule has 0 saturated carbocycles. The van der Waals surface area contributed by atoms with E-state index in [1.165, 1.54) is 0 Å². The van der Waals surface area contributed by atoms with E-state index in [-0.39, 0.29) is 7.33 Å². The monoisotopic (exact) mass is 252 g/mol. The maximum atomic E-state index is 11.7. The minimum atomic E-state index is 0. The fourth-order valence-corrected chi connectivity index (χ4v) is 2.24. The van der Waals surface area contributed by atoms with Crippen molar-refractivity contribution in [2.75, 3.05) is 14.1 Å². The van der Waals surface area contributed by atoms with E-state index in [2.05, 4.69) is 4.98 Å². The summed E-state index contributed by atoms with van der Waals surface area (Å²) in [5.41, 5.74) is 1.60. The zero-order chi connectivity index (χ0) is 13.0. The van der Waals surface area contributed by atoms with Crippen LogP contribution in [0.5, 0.6) is 0 Å². The average molecular weight is 252 g/mol. The van der Waals surface area contributed by atoms with Gasteiger partial charge in [0.15, 0.2) is 0 Å². The van der Waals surface area contributed by atoms with E-state index in [1.54, 1.807) is 30.3 Å². The number of amides is 1. The lowest BCUT2D eigenvalue weighted by Crippen LogP contribution is -2.21. The van der Waals surface area contributed by atoms with Crippen molar-refractivity contribution in [2.45, 2.75) is 20.8 Å². The van der Waals surface area contributed by atoms with Crippen LogP contribution in [0.25, 0.3) is 10.2 Å². The highest BCUT2D eigenvalue weighted by Gasteiger charge is 2.09. The minimum absolute atomic E-state index is 0. The smallest absolute Gasteiger partial charge is 0.253 e. The highest BCUT2D eigenvalue weighted by molar-refractivity contribution is 7.18. The van der Waals surface area contributed by atoms with Gasteiger partial charge < -0.3 is 4.90 Å². The third-order valence-corrected chi connectivity index (χ3v) is 3.10. The molecule has 94 valence electrons. The third-order valence-electron chi connectivity index (χ3n) is 2.15. The molecule has 3 nitrogen and oxygen atoms in total. The molecule has 1 aromatic heterocycles. The SMILES string of the molecule is CC.Cc1nc2cc(C(=O)N(C)C)ccc2s1.[HH].